The molecule has 0 aliphatic carbocycles. The van der Waals surface area contributed by atoms with Crippen molar-refractivity contribution < 1.29 is 5.11 Å². The largest absolute Gasteiger partial charge is 0.506 e. The summed E-state index contributed by atoms with van der Waals surface area (Å²) in [7, 11) is 0. The van der Waals surface area contributed by atoms with E-state index in [2.05, 4.69) is 30.3 Å². The molecule has 158 valence electrons. The third kappa shape index (κ3) is 3.52. The monoisotopic (exact) mass is 445 g/mol. The number of hydrogen-bond donors (Lipinski definition) is 1. The van der Waals surface area contributed by atoms with Crippen molar-refractivity contribution in [2.24, 2.45) is 0 Å². The summed E-state index contributed by atoms with van der Waals surface area (Å²) in [6, 6.07) is 35.9. The van der Waals surface area contributed by atoms with E-state index in [4.69, 9.17) is 9.97 Å². The van der Waals surface area contributed by atoms with Gasteiger partial charge in [0.25, 0.3) is 0 Å². The molecule has 0 saturated carbocycles. The van der Waals surface area contributed by atoms with Crippen molar-refractivity contribution in [3.8, 4) is 22.8 Å². The van der Waals surface area contributed by atoms with Crippen LogP contribution in [0, 0.1) is 0 Å². The summed E-state index contributed by atoms with van der Waals surface area (Å²) >= 11 is 1.63. The standard InChI is InChI=1S/C28H19N3OS/c32-26-15-7-6-14-25(26)31-24-13-5-4-11-20(24)21-17-18-23(30-28(21)31)22-12-8-16-27(29-22)33-19-9-2-1-3-10-19/h1-18,32H. The first-order valence-electron chi connectivity index (χ1n) is 10.7. The molecule has 6 rings (SSSR count). The zero-order valence-electron chi connectivity index (χ0n) is 17.6. The van der Waals surface area contributed by atoms with E-state index < -0.39 is 0 Å². The molecule has 0 aliphatic rings. The quantitative estimate of drug-likeness (QED) is 0.314. The number of aromatic nitrogens is 3. The van der Waals surface area contributed by atoms with Gasteiger partial charge >= 0.3 is 0 Å². The van der Waals surface area contributed by atoms with Crippen molar-refractivity contribution in [2.45, 2.75) is 9.92 Å². The molecule has 0 spiro atoms. The number of phenols is 1. The van der Waals surface area contributed by atoms with E-state index in [9.17, 15) is 5.11 Å². The highest BCUT2D eigenvalue weighted by Crippen LogP contribution is 2.35. The highest BCUT2D eigenvalue weighted by molar-refractivity contribution is 7.99. The minimum atomic E-state index is 0.215. The number of fused-ring (bicyclic) bond motifs is 3. The predicted molar refractivity (Wildman–Crippen MR) is 134 cm³/mol. The first-order chi connectivity index (χ1) is 16.3. The van der Waals surface area contributed by atoms with Crippen LogP contribution in [-0.2, 0) is 0 Å². The summed E-state index contributed by atoms with van der Waals surface area (Å²) in [4.78, 5) is 11.0. The average molecular weight is 446 g/mol. The number of phenolic OH excluding ortho intramolecular Hbond substituents is 1. The lowest BCUT2D eigenvalue weighted by Crippen LogP contribution is -1.97. The van der Waals surface area contributed by atoms with E-state index >= 15 is 0 Å². The number of rotatable bonds is 4. The van der Waals surface area contributed by atoms with Gasteiger partial charge in [-0.2, -0.15) is 0 Å². The molecule has 0 saturated heterocycles. The minimum Gasteiger partial charge on any atom is -0.506 e. The lowest BCUT2D eigenvalue weighted by atomic mass is 10.1. The molecule has 0 amide bonds. The summed E-state index contributed by atoms with van der Waals surface area (Å²) in [5.41, 5.74) is 4.09. The molecule has 3 aromatic heterocycles. The summed E-state index contributed by atoms with van der Waals surface area (Å²) in [5, 5.41) is 13.6. The minimum absolute atomic E-state index is 0.215. The Labute approximate surface area is 195 Å². The van der Waals surface area contributed by atoms with E-state index in [1.54, 1.807) is 17.8 Å². The summed E-state index contributed by atoms with van der Waals surface area (Å²) in [6.07, 6.45) is 0. The van der Waals surface area contributed by atoms with Crippen molar-refractivity contribution in [2.75, 3.05) is 0 Å². The maximum atomic E-state index is 10.6. The van der Waals surface area contributed by atoms with Gasteiger partial charge in [0.1, 0.15) is 16.4 Å². The van der Waals surface area contributed by atoms with Crippen molar-refractivity contribution in [3.63, 3.8) is 0 Å². The number of aromatic hydroxyl groups is 1. The molecular formula is C28H19N3OS. The van der Waals surface area contributed by atoms with Crippen molar-refractivity contribution in [1.29, 1.82) is 0 Å². The summed E-state index contributed by atoms with van der Waals surface area (Å²) in [6.45, 7) is 0. The number of hydrogen-bond acceptors (Lipinski definition) is 4. The van der Waals surface area contributed by atoms with Gasteiger partial charge in [-0.25, -0.2) is 9.97 Å². The Morgan fingerprint density at radius 3 is 2.24 bits per heavy atom. The van der Waals surface area contributed by atoms with Gasteiger partial charge in [-0.15, -0.1) is 0 Å². The van der Waals surface area contributed by atoms with E-state index in [0.717, 1.165) is 43.2 Å². The Kier molecular flexibility index (Phi) is 4.82. The zero-order valence-corrected chi connectivity index (χ0v) is 18.4. The van der Waals surface area contributed by atoms with E-state index in [1.165, 1.54) is 0 Å². The fourth-order valence-electron chi connectivity index (χ4n) is 4.10. The van der Waals surface area contributed by atoms with Crippen LogP contribution < -0.4 is 0 Å². The Morgan fingerprint density at radius 1 is 0.606 bits per heavy atom. The smallest absolute Gasteiger partial charge is 0.146 e. The molecule has 3 heterocycles. The normalized spacial score (nSPS) is 11.3. The Morgan fingerprint density at radius 2 is 1.36 bits per heavy atom. The van der Waals surface area contributed by atoms with Crippen LogP contribution in [0.4, 0.5) is 0 Å². The van der Waals surface area contributed by atoms with Crippen LogP contribution >= 0.6 is 11.8 Å². The summed E-state index contributed by atoms with van der Waals surface area (Å²) in [5.74, 6) is 0.215. The van der Waals surface area contributed by atoms with Gasteiger partial charge in [0.15, 0.2) is 0 Å². The molecule has 0 aliphatic heterocycles. The molecule has 33 heavy (non-hydrogen) atoms. The van der Waals surface area contributed by atoms with E-state index in [1.807, 2.05) is 77.4 Å². The second kappa shape index (κ2) is 8.11. The molecule has 0 atom stereocenters. The van der Waals surface area contributed by atoms with Crippen LogP contribution in [0.3, 0.4) is 0 Å². The highest BCUT2D eigenvalue weighted by Gasteiger charge is 2.16. The van der Waals surface area contributed by atoms with E-state index in [-0.39, 0.29) is 5.75 Å². The zero-order chi connectivity index (χ0) is 22.2. The maximum absolute atomic E-state index is 10.6. The van der Waals surface area contributed by atoms with Crippen molar-refractivity contribution in [1.82, 2.24) is 14.5 Å². The Balaban J connectivity index is 1.52. The van der Waals surface area contributed by atoms with Gasteiger partial charge in [0, 0.05) is 15.7 Å². The predicted octanol–water partition coefficient (Wildman–Crippen LogP) is 7.10. The van der Waals surface area contributed by atoms with Crippen LogP contribution in [0.25, 0.3) is 39.0 Å². The SMILES string of the molecule is Oc1ccccc1-n1c2ccccc2c2ccc(-c3cccc(Sc4ccccc4)n3)nc21. The molecule has 3 aromatic carbocycles. The molecule has 0 unspecified atom stereocenters. The Bertz CT molecular complexity index is 1610. The van der Waals surface area contributed by atoms with Crippen LogP contribution in [0.15, 0.2) is 119 Å². The second-order valence-corrected chi connectivity index (χ2v) is 8.78. The van der Waals surface area contributed by atoms with Crippen LogP contribution in [0.1, 0.15) is 0 Å². The Hall–Kier alpha value is -4.09. The first-order valence-corrected chi connectivity index (χ1v) is 11.5. The lowest BCUT2D eigenvalue weighted by molar-refractivity contribution is 0.473. The fraction of sp³-hybridized carbons (Fsp3) is 0. The van der Waals surface area contributed by atoms with Gasteiger partial charge in [-0.1, -0.05) is 66.4 Å². The average Bonchev–Trinajstić information content (AvgIpc) is 3.19. The van der Waals surface area contributed by atoms with Gasteiger partial charge in [0.05, 0.1) is 22.6 Å². The highest BCUT2D eigenvalue weighted by atomic mass is 32.2. The second-order valence-electron chi connectivity index (χ2n) is 7.69. The van der Waals surface area contributed by atoms with Crippen molar-refractivity contribution >= 4 is 33.7 Å². The third-order valence-electron chi connectivity index (χ3n) is 5.60. The number of benzene rings is 3. The first kappa shape index (κ1) is 19.6. The molecule has 0 fully saturated rings. The lowest BCUT2D eigenvalue weighted by Gasteiger charge is -2.10. The maximum Gasteiger partial charge on any atom is 0.146 e. The molecule has 1 N–H and O–H groups in total. The molecule has 4 nitrogen and oxygen atoms in total. The van der Waals surface area contributed by atoms with Crippen molar-refractivity contribution in [3.05, 3.63) is 109 Å². The number of nitrogens with zero attached hydrogens (tertiary/aromatic N) is 3. The molecule has 0 bridgehead atoms. The van der Waals surface area contributed by atoms with Gasteiger partial charge in [-0.3, -0.25) is 4.57 Å². The van der Waals surface area contributed by atoms with Crippen LogP contribution in [0.5, 0.6) is 5.75 Å². The molecule has 0 radical (unpaired) electrons. The topological polar surface area (TPSA) is 50.9 Å². The van der Waals surface area contributed by atoms with Crippen LogP contribution in [-0.4, -0.2) is 19.6 Å². The third-order valence-corrected chi connectivity index (χ3v) is 6.54. The summed E-state index contributed by atoms with van der Waals surface area (Å²) < 4.78 is 2.02. The molecular weight excluding hydrogens is 426 g/mol. The molecule has 5 heteroatoms. The van der Waals surface area contributed by atoms with Gasteiger partial charge in [0.2, 0.25) is 0 Å². The molecule has 6 aromatic rings. The van der Waals surface area contributed by atoms with E-state index in [0.29, 0.717) is 5.69 Å². The number of pyridine rings is 2. The van der Waals surface area contributed by atoms with Crippen LogP contribution in [0.2, 0.25) is 0 Å². The van der Waals surface area contributed by atoms with Gasteiger partial charge in [-0.05, 0) is 54.6 Å². The van der Waals surface area contributed by atoms with Gasteiger partial charge < -0.3 is 5.11 Å². The number of para-hydroxylation sites is 3. The fourth-order valence-corrected chi connectivity index (χ4v) is 4.93.